The van der Waals surface area contributed by atoms with Crippen LogP contribution in [-0.2, 0) is 0 Å². The molecule has 4 nitrogen and oxygen atoms in total. The molecule has 1 aromatic heterocycles. The summed E-state index contributed by atoms with van der Waals surface area (Å²) in [5.74, 6) is 1.76. The van der Waals surface area contributed by atoms with Crippen LogP contribution >= 0.6 is 31.9 Å². The number of hydrogen-bond donors (Lipinski definition) is 0. The van der Waals surface area contributed by atoms with Crippen LogP contribution in [0.4, 0.5) is 0 Å². The Labute approximate surface area is 167 Å². The van der Waals surface area contributed by atoms with Gasteiger partial charge in [-0.05, 0) is 48.5 Å². The molecule has 26 heavy (non-hydrogen) atoms. The van der Waals surface area contributed by atoms with Crippen molar-refractivity contribution < 1.29 is 9.47 Å². The van der Waals surface area contributed by atoms with Crippen LogP contribution in [0.15, 0.2) is 81.7 Å². The van der Waals surface area contributed by atoms with E-state index in [9.17, 15) is 0 Å². The summed E-state index contributed by atoms with van der Waals surface area (Å²) < 4.78 is 13.7. The molecule has 6 heteroatoms. The van der Waals surface area contributed by atoms with Crippen LogP contribution in [0, 0.1) is 0 Å². The molecule has 0 saturated heterocycles. The number of ether oxygens (including phenoxy) is 2. The first kappa shape index (κ1) is 17.0. The summed E-state index contributed by atoms with van der Waals surface area (Å²) in [5.41, 5.74) is 0.748. The molecule has 0 aliphatic rings. The van der Waals surface area contributed by atoms with Crippen LogP contribution in [0.25, 0.3) is 10.9 Å². The number of fused-ring (bicyclic) bond motifs is 1. The molecule has 0 radical (unpaired) electrons. The Bertz CT molecular complexity index is 1090. The molecule has 128 valence electrons. The monoisotopic (exact) mass is 470 g/mol. The van der Waals surface area contributed by atoms with E-state index in [2.05, 4.69) is 41.8 Å². The third kappa shape index (κ3) is 3.86. The van der Waals surface area contributed by atoms with Crippen molar-refractivity contribution in [3.05, 3.63) is 81.7 Å². The van der Waals surface area contributed by atoms with Crippen molar-refractivity contribution in [3.8, 4) is 23.4 Å². The average molecular weight is 472 g/mol. The maximum atomic E-state index is 6.00. The average Bonchev–Trinajstić information content (AvgIpc) is 2.62. The van der Waals surface area contributed by atoms with Crippen molar-refractivity contribution in [2.24, 2.45) is 0 Å². The second-order valence-corrected chi connectivity index (χ2v) is 7.28. The van der Waals surface area contributed by atoms with Gasteiger partial charge < -0.3 is 9.47 Å². The SMILES string of the molecule is Brc1cccc(Oc2nc(Oc3cccc(Br)c3)c3ccccc3n2)c1. The fourth-order valence-corrected chi connectivity index (χ4v) is 3.19. The number of benzene rings is 3. The van der Waals surface area contributed by atoms with Crippen LogP contribution < -0.4 is 9.47 Å². The summed E-state index contributed by atoms with van der Waals surface area (Å²) >= 11 is 6.88. The number of para-hydroxylation sites is 1. The lowest BCUT2D eigenvalue weighted by atomic mass is 10.2. The van der Waals surface area contributed by atoms with E-state index in [0.717, 1.165) is 19.8 Å². The molecule has 4 rings (SSSR count). The van der Waals surface area contributed by atoms with Crippen LogP contribution in [0.3, 0.4) is 0 Å². The number of aromatic nitrogens is 2. The summed E-state index contributed by atoms with van der Waals surface area (Å²) in [5, 5.41) is 0.814. The predicted molar refractivity (Wildman–Crippen MR) is 108 cm³/mol. The zero-order valence-electron chi connectivity index (χ0n) is 13.4. The summed E-state index contributed by atoms with van der Waals surface area (Å²) in [6.07, 6.45) is 0. The van der Waals surface area contributed by atoms with Crippen molar-refractivity contribution in [2.45, 2.75) is 0 Å². The lowest BCUT2D eigenvalue weighted by molar-refractivity contribution is 0.417. The van der Waals surface area contributed by atoms with E-state index >= 15 is 0 Å². The minimum atomic E-state index is 0.229. The molecule has 4 aromatic rings. The van der Waals surface area contributed by atoms with Gasteiger partial charge in [-0.3, -0.25) is 0 Å². The molecular weight excluding hydrogens is 460 g/mol. The lowest BCUT2D eigenvalue weighted by Crippen LogP contribution is -1.97. The number of hydrogen-bond acceptors (Lipinski definition) is 4. The summed E-state index contributed by atoms with van der Waals surface area (Å²) in [4.78, 5) is 8.95. The molecule has 0 amide bonds. The first-order chi connectivity index (χ1) is 12.7. The Morgan fingerprint density at radius 1 is 0.654 bits per heavy atom. The molecular formula is C20H12Br2N2O2. The number of halogens is 2. The van der Waals surface area contributed by atoms with E-state index in [1.807, 2.05) is 72.8 Å². The zero-order chi connectivity index (χ0) is 17.9. The normalized spacial score (nSPS) is 10.7. The van der Waals surface area contributed by atoms with Crippen molar-refractivity contribution in [1.29, 1.82) is 0 Å². The zero-order valence-corrected chi connectivity index (χ0v) is 16.6. The third-order valence-electron chi connectivity index (χ3n) is 3.56. The quantitative estimate of drug-likeness (QED) is 0.330. The highest BCUT2D eigenvalue weighted by Gasteiger charge is 2.12. The smallest absolute Gasteiger partial charge is 0.325 e. The van der Waals surface area contributed by atoms with Gasteiger partial charge in [-0.2, -0.15) is 9.97 Å². The predicted octanol–water partition coefficient (Wildman–Crippen LogP) is 6.74. The summed E-state index contributed by atoms with van der Waals surface area (Å²) in [7, 11) is 0. The highest BCUT2D eigenvalue weighted by molar-refractivity contribution is 9.10. The van der Waals surface area contributed by atoms with Crippen molar-refractivity contribution in [3.63, 3.8) is 0 Å². The minimum absolute atomic E-state index is 0.229. The Morgan fingerprint density at radius 2 is 1.31 bits per heavy atom. The molecule has 1 heterocycles. The Hall–Kier alpha value is -2.44. The molecule has 0 atom stereocenters. The molecule has 0 saturated carbocycles. The first-order valence-electron chi connectivity index (χ1n) is 7.81. The van der Waals surface area contributed by atoms with Crippen LogP contribution in [-0.4, -0.2) is 9.97 Å². The van der Waals surface area contributed by atoms with Crippen LogP contribution in [0.5, 0.6) is 23.4 Å². The van der Waals surface area contributed by atoms with Crippen molar-refractivity contribution in [1.82, 2.24) is 9.97 Å². The van der Waals surface area contributed by atoms with E-state index in [0.29, 0.717) is 17.4 Å². The summed E-state index contributed by atoms with van der Waals surface area (Å²) in [6, 6.07) is 23.0. The van der Waals surface area contributed by atoms with Gasteiger partial charge in [0, 0.05) is 8.95 Å². The molecule has 0 N–H and O–H groups in total. The van der Waals surface area contributed by atoms with Gasteiger partial charge in [0.25, 0.3) is 0 Å². The van der Waals surface area contributed by atoms with E-state index in [1.54, 1.807) is 0 Å². The van der Waals surface area contributed by atoms with Crippen molar-refractivity contribution in [2.75, 3.05) is 0 Å². The molecule has 0 unspecified atom stereocenters. The van der Waals surface area contributed by atoms with Gasteiger partial charge in [0.2, 0.25) is 5.88 Å². The van der Waals surface area contributed by atoms with Gasteiger partial charge in [0.05, 0.1) is 10.9 Å². The van der Waals surface area contributed by atoms with E-state index in [1.165, 1.54) is 0 Å². The molecule has 0 aliphatic heterocycles. The third-order valence-corrected chi connectivity index (χ3v) is 4.55. The summed E-state index contributed by atoms with van der Waals surface area (Å²) in [6.45, 7) is 0. The highest BCUT2D eigenvalue weighted by Crippen LogP contribution is 2.31. The molecule has 0 fully saturated rings. The van der Waals surface area contributed by atoms with Gasteiger partial charge in [-0.15, -0.1) is 0 Å². The van der Waals surface area contributed by atoms with E-state index in [-0.39, 0.29) is 6.01 Å². The van der Waals surface area contributed by atoms with E-state index < -0.39 is 0 Å². The fraction of sp³-hybridized carbons (Fsp3) is 0. The molecule has 0 spiro atoms. The Kier molecular flexibility index (Phi) is 4.86. The van der Waals surface area contributed by atoms with Gasteiger partial charge in [0.15, 0.2) is 0 Å². The largest absolute Gasteiger partial charge is 0.438 e. The fourth-order valence-electron chi connectivity index (χ4n) is 2.43. The maximum Gasteiger partial charge on any atom is 0.325 e. The standard InChI is InChI=1S/C20H12Br2N2O2/c21-13-5-3-7-15(11-13)25-19-17-9-1-2-10-18(17)23-20(24-19)26-16-8-4-6-14(22)12-16/h1-12H. The highest BCUT2D eigenvalue weighted by atomic mass is 79.9. The van der Waals surface area contributed by atoms with Crippen LogP contribution in [0.1, 0.15) is 0 Å². The minimum Gasteiger partial charge on any atom is -0.438 e. The van der Waals surface area contributed by atoms with Gasteiger partial charge in [-0.1, -0.05) is 56.1 Å². The number of nitrogens with zero attached hydrogens (tertiary/aromatic N) is 2. The Balaban J connectivity index is 1.75. The molecule has 0 bridgehead atoms. The van der Waals surface area contributed by atoms with Gasteiger partial charge in [0.1, 0.15) is 11.5 Å². The lowest BCUT2D eigenvalue weighted by Gasteiger charge is -2.10. The topological polar surface area (TPSA) is 44.2 Å². The second-order valence-electron chi connectivity index (χ2n) is 5.45. The van der Waals surface area contributed by atoms with Gasteiger partial charge >= 0.3 is 6.01 Å². The molecule has 0 aliphatic carbocycles. The first-order valence-corrected chi connectivity index (χ1v) is 9.39. The molecule has 3 aromatic carbocycles. The van der Waals surface area contributed by atoms with Gasteiger partial charge in [-0.25, -0.2) is 0 Å². The number of rotatable bonds is 4. The second kappa shape index (κ2) is 7.43. The van der Waals surface area contributed by atoms with Crippen LogP contribution in [0.2, 0.25) is 0 Å². The van der Waals surface area contributed by atoms with Crippen molar-refractivity contribution >= 4 is 42.8 Å². The maximum absolute atomic E-state index is 6.00. The van der Waals surface area contributed by atoms with E-state index in [4.69, 9.17) is 9.47 Å². The Morgan fingerprint density at radius 3 is 2.00 bits per heavy atom.